The molecule has 0 aliphatic heterocycles. The minimum atomic E-state index is -0.726. The van der Waals surface area contributed by atoms with Crippen molar-refractivity contribution in [2.24, 2.45) is 51.8 Å². The second-order valence-corrected chi connectivity index (χ2v) is 12.3. The minimum absolute atomic E-state index is 0.0449. The van der Waals surface area contributed by atoms with Crippen LogP contribution in [0.4, 0.5) is 0 Å². The molecule has 2 N–H and O–H groups in total. The first kappa shape index (κ1) is 22.3. The zero-order valence-electron chi connectivity index (χ0n) is 19.7. The zero-order chi connectivity index (χ0) is 23.1. The average Bonchev–Trinajstić information content (AvgIpc) is 2.75. The molecule has 5 nitrogen and oxygen atoms in total. The summed E-state index contributed by atoms with van der Waals surface area (Å²) in [5.41, 5.74) is -0.428. The van der Waals surface area contributed by atoms with E-state index in [1.54, 1.807) is 0 Å². The van der Waals surface area contributed by atoms with Crippen LogP contribution in [0.3, 0.4) is 0 Å². The van der Waals surface area contributed by atoms with Crippen LogP contribution in [0.15, 0.2) is 11.6 Å². The van der Waals surface area contributed by atoms with Crippen molar-refractivity contribution in [2.45, 2.75) is 78.6 Å². The number of carboxylic acid groups (broad SMARTS) is 1. The number of allylic oxidation sites excluding steroid dienone is 2. The fourth-order valence-electron chi connectivity index (χ4n) is 9.44. The number of carbonyl (C=O) groups excluding carboxylic acids is 2. The van der Waals surface area contributed by atoms with Crippen molar-refractivity contribution < 1.29 is 24.6 Å². The molecule has 9 unspecified atom stereocenters. The van der Waals surface area contributed by atoms with Gasteiger partial charge in [-0.2, -0.15) is 0 Å². The van der Waals surface area contributed by atoms with Crippen LogP contribution in [-0.2, 0) is 14.4 Å². The Balaban J connectivity index is 1.61. The van der Waals surface area contributed by atoms with Gasteiger partial charge in [0, 0.05) is 30.3 Å². The van der Waals surface area contributed by atoms with E-state index in [2.05, 4.69) is 13.8 Å². The molecule has 4 saturated carbocycles. The van der Waals surface area contributed by atoms with Gasteiger partial charge in [-0.05, 0) is 86.5 Å². The summed E-state index contributed by atoms with van der Waals surface area (Å²) < 4.78 is 0. The van der Waals surface area contributed by atoms with E-state index < -0.39 is 16.8 Å². The molecule has 32 heavy (non-hydrogen) atoms. The minimum Gasteiger partial charge on any atom is -0.481 e. The predicted octanol–water partition coefficient (Wildman–Crippen LogP) is 4.42. The lowest BCUT2D eigenvalue weighted by molar-refractivity contribution is -0.180. The van der Waals surface area contributed by atoms with Crippen LogP contribution < -0.4 is 0 Å². The average molecular weight is 443 g/mol. The number of ketones is 2. The fraction of sp³-hybridized carbons (Fsp3) is 0.815. The normalized spacial score (nSPS) is 50.4. The van der Waals surface area contributed by atoms with Gasteiger partial charge in [0.15, 0.2) is 5.78 Å². The molecule has 0 spiro atoms. The Morgan fingerprint density at radius 1 is 1.06 bits per heavy atom. The number of aliphatic carboxylic acids is 1. The first-order valence-corrected chi connectivity index (χ1v) is 12.7. The van der Waals surface area contributed by atoms with Crippen LogP contribution in [0, 0.1) is 51.8 Å². The molecular formula is C27H38O5. The maximum Gasteiger partial charge on any atom is 0.310 e. The molecule has 5 aliphatic carbocycles. The molecule has 0 heterocycles. The molecule has 0 aromatic carbocycles. The van der Waals surface area contributed by atoms with Gasteiger partial charge in [0.1, 0.15) is 5.78 Å². The monoisotopic (exact) mass is 442 g/mol. The molecular weight excluding hydrogens is 404 g/mol. The van der Waals surface area contributed by atoms with Gasteiger partial charge in [-0.25, -0.2) is 0 Å². The molecule has 0 aromatic rings. The van der Waals surface area contributed by atoms with E-state index in [1.807, 2.05) is 13.0 Å². The molecule has 0 saturated heterocycles. The predicted molar refractivity (Wildman–Crippen MR) is 120 cm³/mol. The van der Waals surface area contributed by atoms with Gasteiger partial charge in [0.2, 0.25) is 0 Å². The van der Waals surface area contributed by atoms with Crippen molar-refractivity contribution >= 4 is 17.5 Å². The first-order chi connectivity index (χ1) is 15.1. The molecule has 4 fully saturated rings. The number of hydrogen-bond acceptors (Lipinski definition) is 4. The SMILES string of the molecule is CC1CCC2(C(=O)O)CCC3C(=CC(=O)C4C3(C)CCC3C(C)C(=O)CCC34CO)C2C1. The Kier molecular flexibility index (Phi) is 5.06. The van der Waals surface area contributed by atoms with Crippen LogP contribution in [0.5, 0.6) is 0 Å². The van der Waals surface area contributed by atoms with Crippen LogP contribution in [0.2, 0.25) is 0 Å². The van der Waals surface area contributed by atoms with Gasteiger partial charge in [-0.15, -0.1) is 0 Å². The second kappa shape index (κ2) is 7.25. The highest BCUT2D eigenvalue weighted by Crippen LogP contribution is 2.69. The summed E-state index contributed by atoms with van der Waals surface area (Å²) in [4.78, 5) is 38.9. The quantitative estimate of drug-likeness (QED) is 0.660. The summed E-state index contributed by atoms with van der Waals surface area (Å²) in [7, 11) is 0. The van der Waals surface area contributed by atoms with E-state index in [-0.39, 0.29) is 53.2 Å². The van der Waals surface area contributed by atoms with Crippen LogP contribution >= 0.6 is 0 Å². The van der Waals surface area contributed by atoms with Gasteiger partial charge < -0.3 is 10.2 Å². The Labute approximate surface area is 191 Å². The van der Waals surface area contributed by atoms with Gasteiger partial charge in [0.25, 0.3) is 0 Å². The van der Waals surface area contributed by atoms with E-state index >= 15 is 0 Å². The molecule has 0 bridgehead atoms. The lowest BCUT2D eigenvalue weighted by atomic mass is 9.38. The van der Waals surface area contributed by atoms with E-state index in [1.165, 1.54) is 0 Å². The van der Waals surface area contributed by atoms with Gasteiger partial charge in [-0.3, -0.25) is 14.4 Å². The number of fused-ring (bicyclic) bond motifs is 7. The van der Waals surface area contributed by atoms with E-state index in [4.69, 9.17) is 0 Å². The zero-order valence-corrected chi connectivity index (χ0v) is 19.7. The summed E-state index contributed by atoms with van der Waals surface area (Å²) >= 11 is 0. The summed E-state index contributed by atoms with van der Waals surface area (Å²) in [6.45, 7) is 6.38. The largest absolute Gasteiger partial charge is 0.481 e. The fourth-order valence-corrected chi connectivity index (χ4v) is 9.44. The molecule has 0 amide bonds. The number of rotatable bonds is 2. The highest BCUT2D eigenvalue weighted by atomic mass is 16.4. The van der Waals surface area contributed by atoms with Gasteiger partial charge >= 0.3 is 5.97 Å². The maximum atomic E-state index is 13.9. The molecule has 0 aromatic heterocycles. The highest BCUT2D eigenvalue weighted by molar-refractivity contribution is 5.96. The van der Waals surface area contributed by atoms with E-state index in [9.17, 15) is 24.6 Å². The Morgan fingerprint density at radius 2 is 1.78 bits per heavy atom. The first-order valence-electron chi connectivity index (χ1n) is 12.7. The molecule has 176 valence electrons. The molecule has 5 rings (SSSR count). The number of carbonyl (C=O) groups is 3. The summed E-state index contributed by atoms with van der Waals surface area (Å²) in [5.74, 6) is -0.0571. The van der Waals surface area contributed by atoms with Gasteiger partial charge in [0.05, 0.1) is 5.41 Å². The Hall–Kier alpha value is -1.49. The number of aliphatic hydroxyl groups excluding tert-OH is 1. The van der Waals surface area contributed by atoms with Crippen LogP contribution in [0.25, 0.3) is 0 Å². The standard InChI is InChI=1S/C27H38O5/c1-15-4-9-26(24(31)32)10-6-19-17(20(26)12-15)13-22(30)23-25(19,3)8-5-18-16(2)21(29)7-11-27(18,23)14-28/h13,15-16,18-20,23,28H,4-12,14H2,1-3H3,(H,31,32). The number of hydrogen-bond donors (Lipinski definition) is 2. The van der Waals surface area contributed by atoms with Crippen molar-refractivity contribution in [1.82, 2.24) is 0 Å². The molecule has 5 aliphatic rings. The van der Waals surface area contributed by atoms with Crippen LogP contribution in [0.1, 0.15) is 78.6 Å². The van der Waals surface area contributed by atoms with E-state index in [0.29, 0.717) is 31.6 Å². The van der Waals surface area contributed by atoms with Crippen molar-refractivity contribution in [3.05, 3.63) is 11.6 Å². The number of aliphatic hydroxyl groups is 1. The van der Waals surface area contributed by atoms with E-state index in [0.717, 1.165) is 37.7 Å². The highest BCUT2D eigenvalue weighted by Gasteiger charge is 2.67. The number of carboxylic acids is 1. The summed E-state index contributed by atoms with van der Waals surface area (Å²) in [6.07, 6.45) is 8.59. The van der Waals surface area contributed by atoms with Crippen LogP contribution in [-0.4, -0.2) is 34.4 Å². The third-order valence-electron chi connectivity index (χ3n) is 11.1. The third-order valence-corrected chi connectivity index (χ3v) is 11.1. The van der Waals surface area contributed by atoms with Crippen molar-refractivity contribution in [1.29, 1.82) is 0 Å². The van der Waals surface area contributed by atoms with Crippen molar-refractivity contribution in [3.8, 4) is 0 Å². The number of Topliss-reactive ketones (excluding diaryl/α,β-unsaturated/α-hetero) is 1. The Bertz CT molecular complexity index is 890. The maximum absolute atomic E-state index is 13.9. The summed E-state index contributed by atoms with van der Waals surface area (Å²) in [6, 6.07) is 0. The molecule has 0 radical (unpaired) electrons. The smallest absolute Gasteiger partial charge is 0.310 e. The third kappa shape index (κ3) is 2.69. The van der Waals surface area contributed by atoms with Crippen molar-refractivity contribution in [3.63, 3.8) is 0 Å². The lowest BCUT2D eigenvalue weighted by Gasteiger charge is -2.65. The topological polar surface area (TPSA) is 91.7 Å². The molecule has 9 atom stereocenters. The summed E-state index contributed by atoms with van der Waals surface area (Å²) in [5, 5.41) is 21.0. The second-order valence-electron chi connectivity index (χ2n) is 12.3. The van der Waals surface area contributed by atoms with Gasteiger partial charge in [-0.1, -0.05) is 26.3 Å². The Morgan fingerprint density at radius 3 is 2.47 bits per heavy atom. The van der Waals surface area contributed by atoms with Crippen molar-refractivity contribution in [2.75, 3.05) is 6.61 Å². The molecule has 5 heteroatoms. The lowest BCUT2D eigenvalue weighted by Crippen LogP contribution is -2.64.